The Morgan fingerprint density at radius 1 is 1.07 bits per heavy atom. The van der Waals surface area contributed by atoms with Gasteiger partial charge in [-0.2, -0.15) is 0 Å². The maximum absolute atomic E-state index is 13.1. The molecule has 1 aliphatic heterocycles. The van der Waals surface area contributed by atoms with Crippen molar-refractivity contribution in [3.8, 4) is 0 Å². The number of nitrogens with one attached hydrogen (secondary N) is 2. The van der Waals surface area contributed by atoms with Crippen LogP contribution in [0.3, 0.4) is 0 Å². The second-order valence-electron chi connectivity index (χ2n) is 7.47. The van der Waals surface area contributed by atoms with Crippen molar-refractivity contribution >= 4 is 23.2 Å². The minimum Gasteiger partial charge on any atom is -0.323 e. The highest BCUT2D eigenvalue weighted by atomic mass is 16.2. The van der Waals surface area contributed by atoms with Crippen LogP contribution in [0.2, 0.25) is 0 Å². The van der Waals surface area contributed by atoms with Gasteiger partial charge in [0, 0.05) is 6.04 Å². The largest absolute Gasteiger partial charge is 0.323 e. The third-order valence-electron chi connectivity index (χ3n) is 4.77. The van der Waals surface area contributed by atoms with Crippen LogP contribution in [-0.4, -0.2) is 24.4 Å². The molecule has 1 aliphatic rings. The van der Waals surface area contributed by atoms with Crippen LogP contribution in [0.25, 0.3) is 0 Å². The molecular weight excluding hydrogens is 338 g/mol. The van der Waals surface area contributed by atoms with E-state index >= 15 is 0 Å². The van der Waals surface area contributed by atoms with Gasteiger partial charge in [0.2, 0.25) is 11.8 Å². The summed E-state index contributed by atoms with van der Waals surface area (Å²) in [5.74, 6) is 0.226. The zero-order valence-electron chi connectivity index (χ0n) is 16.1. The lowest BCUT2D eigenvalue weighted by Gasteiger charge is -2.33. The Morgan fingerprint density at radius 2 is 1.74 bits per heavy atom. The average Bonchev–Trinajstić information content (AvgIpc) is 2.66. The monoisotopic (exact) mass is 365 g/mol. The Kier molecular flexibility index (Phi) is 5.91. The molecule has 0 aliphatic carbocycles. The van der Waals surface area contributed by atoms with Crippen molar-refractivity contribution in [3.05, 3.63) is 60.2 Å². The highest BCUT2D eigenvalue weighted by molar-refractivity contribution is 6.11. The van der Waals surface area contributed by atoms with Gasteiger partial charge in [-0.25, -0.2) is 0 Å². The number of hydrogen-bond donors (Lipinski definition) is 2. The molecule has 5 nitrogen and oxygen atoms in total. The van der Waals surface area contributed by atoms with E-state index in [0.717, 1.165) is 12.1 Å². The number of carbonyl (C=O) groups excluding carboxylic acids is 2. The van der Waals surface area contributed by atoms with Gasteiger partial charge in [-0.15, -0.1) is 0 Å². The molecule has 2 aromatic carbocycles. The first-order valence-electron chi connectivity index (χ1n) is 9.47. The molecule has 0 aromatic heterocycles. The van der Waals surface area contributed by atoms with E-state index in [9.17, 15) is 9.59 Å². The normalized spacial score (nSPS) is 15.9. The molecule has 142 valence electrons. The van der Waals surface area contributed by atoms with Crippen molar-refractivity contribution in [2.45, 2.75) is 39.3 Å². The first-order chi connectivity index (χ1) is 13.0. The van der Waals surface area contributed by atoms with Gasteiger partial charge in [0.15, 0.2) is 0 Å². The lowest BCUT2D eigenvalue weighted by atomic mass is 9.96. The number of nitrogens with zero attached hydrogens (tertiary/aromatic N) is 1. The zero-order valence-corrected chi connectivity index (χ0v) is 16.1. The number of carbonyl (C=O) groups is 2. The lowest BCUT2D eigenvalue weighted by Crippen LogP contribution is -2.50. The first-order valence-corrected chi connectivity index (χ1v) is 9.47. The molecule has 2 N–H and O–H groups in total. The fourth-order valence-electron chi connectivity index (χ4n) is 3.49. The van der Waals surface area contributed by atoms with E-state index in [1.54, 1.807) is 4.90 Å². The maximum Gasteiger partial charge on any atom is 0.244 e. The number of hydrogen-bond acceptors (Lipinski definition) is 3. The molecule has 0 saturated carbocycles. The van der Waals surface area contributed by atoms with E-state index in [0.29, 0.717) is 11.6 Å². The molecule has 0 spiro atoms. The number of amides is 2. The van der Waals surface area contributed by atoms with Crippen molar-refractivity contribution in [2.24, 2.45) is 5.92 Å². The maximum atomic E-state index is 13.1. The van der Waals surface area contributed by atoms with E-state index in [1.165, 1.54) is 5.56 Å². The Hall–Kier alpha value is -2.66. The van der Waals surface area contributed by atoms with Gasteiger partial charge in [0.25, 0.3) is 0 Å². The van der Waals surface area contributed by atoms with Gasteiger partial charge in [-0.3, -0.25) is 19.8 Å². The van der Waals surface area contributed by atoms with Gasteiger partial charge in [0.05, 0.1) is 17.4 Å². The number of para-hydroxylation sites is 2. The minimum absolute atomic E-state index is 0.0437. The number of anilines is 2. The molecule has 5 heteroatoms. The van der Waals surface area contributed by atoms with E-state index in [1.807, 2.05) is 49.4 Å². The molecule has 0 unspecified atom stereocenters. The molecule has 0 saturated heterocycles. The summed E-state index contributed by atoms with van der Waals surface area (Å²) in [5, 5.41) is 6.31. The topological polar surface area (TPSA) is 61.4 Å². The summed E-state index contributed by atoms with van der Waals surface area (Å²) in [4.78, 5) is 26.7. The van der Waals surface area contributed by atoms with Crippen molar-refractivity contribution < 1.29 is 9.59 Å². The molecule has 3 rings (SSSR count). The fraction of sp³-hybridized carbons (Fsp3) is 0.364. The van der Waals surface area contributed by atoms with Crippen molar-refractivity contribution in [2.75, 3.05) is 16.8 Å². The SMILES string of the molecule is CC(C)C[C@@H](N[C@@H](C)C(=O)N1CC(=O)Nc2ccccc21)c1ccccc1. The molecule has 0 radical (unpaired) electrons. The summed E-state index contributed by atoms with van der Waals surface area (Å²) < 4.78 is 0. The van der Waals surface area contributed by atoms with Crippen molar-refractivity contribution in [1.82, 2.24) is 5.32 Å². The quantitative estimate of drug-likeness (QED) is 0.820. The predicted octanol–water partition coefficient (Wildman–Crippen LogP) is 3.74. The van der Waals surface area contributed by atoms with Gasteiger partial charge < -0.3 is 5.32 Å². The van der Waals surface area contributed by atoms with Crippen molar-refractivity contribution in [3.63, 3.8) is 0 Å². The standard InChI is InChI=1S/C22H27N3O2/c1-15(2)13-19(17-9-5-4-6-10-17)23-16(3)22(27)25-14-21(26)24-18-11-7-8-12-20(18)25/h4-12,15-16,19,23H,13-14H2,1-3H3,(H,24,26)/t16-,19+/m0/s1. The molecule has 2 atom stereocenters. The van der Waals surface area contributed by atoms with Gasteiger partial charge >= 0.3 is 0 Å². The first kappa shape index (κ1) is 19.1. The van der Waals surface area contributed by atoms with E-state index in [-0.39, 0.29) is 24.4 Å². The van der Waals surface area contributed by atoms with Crippen LogP contribution in [0.5, 0.6) is 0 Å². The summed E-state index contributed by atoms with van der Waals surface area (Å²) in [6.07, 6.45) is 0.929. The van der Waals surface area contributed by atoms with Crippen LogP contribution in [0.15, 0.2) is 54.6 Å². The van der Waals surface area contributed by atoms with Gasteiger partial charge in [-0.1, -0.05) is 56.3 Å². The number of fused-ring (bicyclic) bond motifs is 1. The van der Waals surface area contributed by atoms with Crippen LogP contribution < -0.4 is 15.5 Å². The molecular formula is C22H27N3O2. The minimum atomic E-state index is -0.409. The molecule has 0 fully saturated rings. The molecule has 27 heavy (non-hydrogen) atoms. The Morgan fingerprint density at radius 3 is 2.44 bits per heavy atom. The van der Waals surface area contributed by atoms with Gasteiger partial charge in [0.1, 0.15) is 6.54 Å². The Balaban J connectivity index is 1.79. The lowest BCUT2D eigenvalue weighted by molar-refractivity contribution is -0.123. The van der Waals surface area contributed by atoms with E-state index in [4.69, 9.17) is 0 Å². The number of rotatable bonds is 6. The summed E-state index contributed by atoms with van der Waals surface area (Å²) in [6, 6.07) is 17.3. The van der Waals surface area contributed by atoms with Crippen LogP contribution >= 0.6 is 0 Å². The van der Waals surface area contributed by atoms with Crippen LogP contribution in [0.4, 0.5) is 11.4 Å². The van der Waals surface area contributed by atoms with Crippen LogP contribution in [0.1, 0.15) is 38.8 Å². The summed E-state index contributed by atoms with van der Waals surface area (Å²) in [6.45, 7) is 6.26. The molecule has 2 aromatic rings. The second-order valence-corrected chi connectivity index (χ2v) is 7.47. The summed E-state index contributed by atoms with van der Waals surface area (Å²) in [5.41, 5.74) is 2.59. The van der Waals surface area contributed by atoms with E-state index in [2.05, 4.69) is 36.6 Å². The predicted molar refractivity (Wildman–Crippen MR) is 109 cm³/mol. The number of benzene rings is 2. The fourth-order valence-corrected chi connectivity index (χ4v) is 3.49. The summed E-state index contributed by atoms with van der Waals surface area (Å²) in [7, 11) is 0. The van der Waals surface area contributed by atoms with Gasteiger partial charge in [-0.05, 0) is 37.0 Å². The Labute approximate surface area is 160 Å². The van der Waals surface area contributed by atoms with Crippen LogP contribution in [-0.2, 0) is 9.59 Å². The third kappa shape index (κ3) is 4.55. The zero-order chi connectivity index (χ0) is 19.4. The average molecular weight is 365 g/mol. The highest BCUT2D eigenvalue weighted by Gasteiger charge is 2.30. The smallest absolute Gasteiger partial charge is 0.244 e. The van der Waals surface area contributed by atoms with Crippen molar-refractivity contribution in [1.29, 1.82) is 0 Å². The molecule has 2 amide bonds. The molecule has 1 heterocycles. The Bertz CT molecular complexity index is 804. The summed E-state index contributed by atoms with van der Waals surface area (Å²) >= 11 is 0. The van der Waals surface area contributed by atoms with Crippen LogP contribution in [0, 0.1) is 5.92 Å². The highest BCUT2D eigenvalue weighted by Crippen LogP contribution is 2.30. The second kappa shape index (κ2) is 8.35. The van der Waals surface area contributed by atoms with E-state index < -0.39 is 6.04 Å². The third-order valence-corrected chi connectivity index (χ3v) is 4.77. The molecule has 0 bridgehead atoms.